The van der Waals surface area contributed by atoms with Crippen LogP contribution in [0.5, 0.6) is 0 Å². The standard InChI is InChI=1S/C50H79NO11/c1-7-9-10-11-12-13-14-15-16-17-18-19-20-21-25-28-37(53)62-50-38-34(30-48(56,45(60-6)43(50)54)44(38)61-46(55)33-26-23-22-24-27-33)49-36(58-4)29-35(52)47(32-57-3)31-51(8-2)42(49)39(50)40(59-5)41(47)49/h22-24,26-27,34-36,38-45,52,54,56H,7-21,25,28-32H2,1-6H3/t34-,35-,36+,38-,39+,40+,41-,42-,43+,44-,45+,47+,48-,49+,50-/m1/s1. The molecule has 350 valence electrons. The highest BCUT2D eigenvalue weighted by atomic mass is 16.6. The molecule has 1 saturated heterocycles. The molecule has 15 atom stereocenters. The molecule has 0 unspecified atom stereocenters. The predicted molar refractivity (Wildman–Crippen MR) is 234 cm³/mol. The number of methoxy groups -OCH3 is 4. The van der Waals surface area contributed by atoms with Crippen molar-refractivity contribution in [2.45, 2.75) is 183 Å². The topological polar surface area (TPSA) is 153 Å². The van der Waals surface area contributed by atoms with Crippen LogP contribution in [0, 0.1) is 34.5 Å². The van der Waals surface area contributed by atoms with Crippen molar-refractivity contribution in [2.24, 2.45) is 34.5 Å². The second kappa shape index (κ2) is 20.1. The molecule has 5 aliphatic carbocycles. The Morgan fingerprint density at radius 2 is 1.39 bits per heavy atom. The summed E-state index contributed by atoms with van der Waals surface area (Å²) in [7, 11) is 6.42. The Hall–Kier alpha value is -2.16. The smallest absolute Gasteiger partial charge is 0.338 e. The number of carbonyl (C=O) groups is 2. The quantitative estimate of drug-likeness (QED) is 0.0693. The van der Waals surface area contributed by atoms with Crippen molar-refractivity contribution in [3.8, 4) is 0 Å². The van der Waals surface area contributed by atoms with Crippen LogP contribution >= 0.6 is 0 Å². The number of piperidine rings is 1. The van der Waals surface area contributed by atoms with Gasteiger partial charge in [0, 0.05) is 82.5 Å². The van der Waals surface area contributed by atoms with E-state index in [2.05, 4.69) is 18.7 Å². The highest BCUT2D eigenvalue weighted by Gasteiger charge is 2.92. The maximum atomic E-state index is 14.6. The summed E-state index contributed by atoms with van der Waals surface area (Å²) in [5.74, 6) is -3.47. The summed E-state index contributed by atoms with van der Waals surface area (Å²) in [6.45, 7) is 5.70. The minimum atomic E-state index is -1.84. The van der Waals surface area contributed by atoms with E-state index in [9.17, 15) is 24.9 Å². The minimum Gasteiger partial charge on any atom is -0.455 e. The molecular formula is C50H79NO11. The number of carbonyl (C=O) groups excluding carboxylic acids is 2. The van der Waals surface area contributed by atoms with Crippen LogP contribution in [-0.4, -0.2) is 134 Å². The lowest BCUT2D eigenvalue weighted by atomic mass is 9.42. The molecule has 6 aliphatic rings. The molecule has 6 fully saturated rings. The summed E-state index contributed by atoms with van der Waals surface area (Å²) in [6.07, 6.45) is 12.8. The molecule has 5 saturated carbocycles. The van der Waals surface area contributed by atoms with Crippen LogP contribution in [0.15, 0.2) is 30.3 Å². The Labute approximate surface area is 371 Å². The molecular weight excluding hydrogens is 791 g/mol. The van der Waals surface area contributed by atoms with Crippen LogP contribution < -0.4 is 0 Å². The van der Waals surface area contributed by atoms with Gasteiger partial charge in [-0.25, -0.2) is 4.79 Å². The number of rotatable bonds is 25. The number of nitrogens with zero attached hydrogens (tertiary/aromatic N) is 1. The zero-order valence-electron chi connectivity index (χ0n) is 38.6. The fourth-order valence-electron chi connectivity index (χ4n) is 15.0. The normalized spacial score (nSPS) is 40.1. The molecule has 0 amide bonds. The van der Waals surface area contributed by atoms with E-state index in [-0.39, 0.29) is 31.4 Å². The highest BCUT2D eigenvalue weighted by molar-refractivity contribution is 5.89. The van der Waals surface area contributed by atoms with Gasteiger partial charge in [-0.05, 0) is 37.4 Å². The van der Waals surface area contributed by atoms with Gasteiger partial charge in [0.05, 0.1) is 30.5 Å². The molecule has 1 aliphatic heterocycles. The summed E-state index contributed by atoms with van der Waals surface area (Å²) in [6, 6.07) is 8.33. The Morgan fingerprint density at radius 1 is 0.774 bits per heavy atom. The van der Waals surface area contributed by atoms with Crippen molar-refractivity contribution in [3.63, 3.8) is 0 Å². The summed E-state index contributed by atoms with van der Waals surface area (Å²) in [5.41, 5.74) is -4.82. The van der Waals surface area contributed by atoms with Gasteiger partial charge >= 0.3 is 11.9 Å². The SMILES string of the molecule is CCCCCCCCCCCCCCCCCC(=O)O[C@]12[C@H]3[C@@H](OC(=O)c4ccccc4)[C@](O)(C[C@H]3[C@@]34[C@@H](OC)C[C@@H](O)[C@@]5(COC)CN(CC)[C@@H]3[C@@H]1[C@H](OC)[C@H]54)[C@@H](OC)[C@@H]2O. The third-order valence-electron chi connectivity index (χ3n) is 17.1. The van der Waals surface area contributed by atoms with Crippen LogP contribution in [0.25, 0.3) is 0 Å². The van der Waals surface area contributed by atoms with Crippen molar-refractivity contribution < 1.29 is 53.3 Å². The molecule has 0 aromatic heterocycles. The highest BCUT2D eigenvalue weighted by Crippen LogP contribution is 2.80. The third-order valence-corrected chi connectivity index (χ3v) is 17.1. The number of likely N-dealkylation sites (tertiary alicyclic amines) is 1. The third kappa shape index (κ3) is 7.69. The lowest BCUT2D eigenvalue weighted by Crippen LogP contribution is -2.81. The molecule has 1 aromatic rings. The van der Waals surface area contributed by atoms with Crippen LogP contribution in [0.4, 0.5) is 0 Å². The van der Waals surface area contributed by atoms with E-state index in [4.69, 9.17) is 28.4 Å². The Morgan fingerprint density at radius 3 is 1.94 bits per heavy atom. The van der Waals surface area contributed by atoms with Gasteiger partial charge in [0.1, 0.15) is 23.9 Å². The van der Waals surface area contributed by atoms with E-state index >= 15 is 0 Å². The second-order valence-electron chi connectivity index (χ2n) is 20.0. The Balaban J connectivity index is 1.17. The Bertz CT molecular complexity index is 1630. The molecule has 1 spiro atoms. The lowest BCUT2D eigenvalue weighted by molar-refractivity contribution is -0.323. The van der Waals surface area contributed by atoms with Gasteiger partial charge in [-0.2, -0.15) is 0 Å². The molecule has 0 radical (unpaired) electrons. The minimum absolute atomic E-state index is 0.0883. The monoisotopic (exact) mass is 870 g/mol. The average Bonchev–Trinajstić information content (AvgIpc) is 3.65. The van der Waals surface area contributed by atoms with E-state index in [1.807, 2.05) is 6.07 Å². The maximum Gasteiger partial charge on any atom is 0.338 e. The zero-order valence-corrected chi connectivity index (χ0v) is 38.6. The number of hydrogen-bond donors (Lipinski definition) is 3. The van der Waals surface area contributed by atoms with Crippen molar-refractivity contribution in [3.05, 3.63) is 35.9 Å². The molecule has 12 nitrogen and oxygen atoms in total. The van der Waals surface area contributed by atoms with E-state index in [0.29, 0.717) is 31.5 Å². The summed E-state index contributed by atoms with van der Waals surface area (Å²) in [4.78, 5) is 31.0. The largest absolute Gasteiger partial charge is 0.455 e. The first-order valence-electron chi connectivity index (χ1n) is 24.4. The van der Waals surface area contributed by atoms with Gasteiger partial charge < -0.3 is 43.7 Å². The van der Waals surface area contributed by atoms with E-state index in [1.54, 1.807) is 45.6 Å². The summed E-state index contributed by atoms with van der Waals surface area (Å²) >= 11 is 0. The number of aliphatic hydroxyl groups excluding tert-OH is 2. The average molecular weight is 870 g/mol. The van der Waals surface area contributed by atoms with Gasteiger partial charge in [-0.3, -0.25) is 9.69 Å². The predicted octanol–water partition coefficient (Wildman–Crippen LogP) is 6.89. The first-order valence-corrected chi connectivity index (χ1v) is 24.4. The number of benzene rings is 1. The molecule has 1 aromatic carbocycles. The number of unbranched alkanes of at least 4 members (excludes halogenated alkanes) is 14. The lowest BCUT2D eigenvalue weighted by Gasteiger charge is -2.70. The number of hydrogen-bond acceptors (Lipinski definition) is 12. The summed E-state index contributed by atoms with van der Waals surface area (Å²) < 4.78 is 38.7. The summed E-state index contributed by atoms with van der Waals surface area (Å²) in [5, 5.41) is 38.4. The van der Waals surface area contributed by atoms with Crippen LogP contribution in [0.1, 0.15) is 140 Å². The molecule has 12 heteroatoms. The number of ether oxygens (including phenoxy) is 6. The van der Waals surface area contributed by atoms with E-state index in [1.165, 1.54) is 77.7 Å². The maximum absolute atomic E-state index is 14.6. The molecule has 62 heavy (non-hydrogen) atoms. The molecule has 3 N–H and O–H groups in total. The molecule has 7 bridgehead atoms. The van der Waals surface area contributed by atoms with Crippen LogP contribution in [0.3, 0.4) is 0 Å². The van der Waals surface area contributed by atoms with Crippen LogP contribution in [0.2, 0.25) is 0 Å². The van der Waals surface area contributed by atoms with Gasteiger partial charge in [0.25, 0.3) is 0 Å². The van der Waals surface area contributed by atoms with Crippen molar-refractivity contribution in [2.75, 3.05) is 48.1 Å². The van der Waals surface area contributed by atoms with E-state index < -0.39 is 88.3 Å². The fraction of sp³-hybridized carbons (Fsp3) is 0.840. The first-order chi connectivity index (χ1) is 30.0. The van der Waals surface area contributed by atoms with Crippen molar-refractivity contribution >= 4 is 11.9 Å². The second-order valence-corrected chi connectivity index (χ2v) is 20.0. The van der Waals surface area contributed by atoms with Gasteiger partial charge in [-0.1, -0.05) is 122 Å². The van der Waals surface area contributed by atoms with Gasteiger partial charge in [0.2, 0.25) is 0 Å². The number of esters is 2. The van der Waals surface area contributed by atoms with Crippen LogP contribution in [-0.2, 0) is 33.2 Å². The Kier molecular flexibility index (Phi) is 15.5. The molecule has 1 heterocycles. The van der Waals surface area contributed by atoms with Gasteiger partial charge in [0.15, 0.2) is 5.60 Å². The molecule has 7 rings (SSSR count). The zero-order chi connectivity index (χ0) is 44.3. The first kappa shape index (κ1) is 47.8. The van der Waals surface area contributed by atoms with Gasteiger partial charge in [-0.15, -0.1) is 0 Å². The van der Waals surface area contributed by atoms with Crippen molar-refractivity contribution in [1.29, 1.82) is 0 Å². The fourth-order valence-corrected chi connectivity index (χ4v) is 15.0. The van der Waals surface area contributed by atoms with E-state index in [0.717, 1.165) is 19.3 Å². The number of fused-ring (bicyclic) bond motifs is 2. The number of aliphatic hydroxyl groups is 3. The van der Waals surface area contributed by atoms with Crippen molar-refractivity contribution in [1.82, 2.24) is 4.90 Å².